The predicted octanol–water partition coefficient (Wildman–Crippen LogP) is 2.47. The highest BCUT2D eigenvalue weighted by Crippen LogP contribution is 2.20. The van der Waals surface area contributed by atoms with Gasteiger partial charge in [-0.05, 0) is 30.3 Å². The first kappa shape index (κ1) is 14.5. The van der Waals surface area contributed by atoms with Crippen molar-refractivity contribution in [1.82, 2.24) is 4.83 Å². The average Bonchev–Trinajstić information content (AvgIpc) is 2.43. The van der Waals surface area contributed by atoms with E-state index in [-0.39, 0.29) is 10.6 Å². The van der Waals surface area contributed by atoms with Gasteiger partial charge in [-0.15, -0.1) is 0 Å². The Morgan fingerprint density at radius 1 is 1.15 bits per heavy atom. The van der Waals surface area contributed by atoms with Crippen LogP contribution in [-0.2, 0) is 10.0 Å². The van der Waals surface area contributed by atoms with E-state index in [1.54, 1.807) is 30.3 Å². The van der Waals surface area contributed by atoms with Gasteiger partial charge >= 0.3 is 0 Å². The Morgan fingerprint density at radius 3 is 2.55 bits per heavy atom. The van der Waals surface area contributed by atoms with Crippen molar-refractivity contribution in [1.29, 1.82) is 0 Å². The summed E-state index contributed by atoms with van der Waals surface area (Å²) in [5.74, 6) is 0.0101. The molecule has 2 rings (SSSR count). The molecule has 20 heavy (non-hydrogen) atoms. The molecule has 0 heterocycles. The van der Waals surface area contributed by atoms with E-state index in [1.165, 1.54) is 24.4 Å². The molecule has 0 aliphatic rings. The molecule has 104 valence electrons. The molecule has 0 aromatic heterocycles. The fourth-order valence-electron chi connectivity index (χ4n) is 1.45. The number of nitrogens with zero attached hydrogens (tertiary/aromatic N) is 1. The summed E-state index contributed by atoms with van der Waals surface area (Å²) >= 11 is 3.25. The quantitative estimate of drug-likeness (QED) is 0.653. The van der Waals surface area contributed by atoms with Crippen LogP contribution in [0, 0.1) is 0 Å². The van der Waals surface area contributed by atoms with Gasteiger partial charge in [0.2, 0.25) is 0 Å². The maximum Gasteiger partial charge on any atom is 0.276 e. The molecule has 0 spiro atoms. The summed E-state index contributed by atoms with van der Waals surface area (Å²) in [6.07, 6.45) is 1.24. The lowest BCUT2D eigenvalue weighted by Gasteiger charge is -2.03. The highest BCUT2D eigenvalue weighted by atomic mass is 79.9. The van der Waals surface area contributed by atoms with Crippen LogP contribution in [0.25, 0.3) is 0 Å². The topological polar surface area (TPSA) is 78.8 Å². The number of phenolic OH excluding ortho intramolecular Hbond substituents is 1. The average molecular weight is 355 g/mol. The van der Waals surface area contributed by atoms with E-state index >= 15 is 0 Å². The van der Waals surface area contributed by atoms with Gasteiger partial charge in [0, 0.05) is 10.0 Å². The monoisotopic (exact) mass is 354 g/mol. The number of halogens is 1. The van der Waals surface area contributed by atoms with Crippen LogP contribution < -0.4 is 4.83 Å². The second-order valence-corrected chi connectivity index (χ2v) is 6.45. The molecule has 2 aromatic rings. The lowest BCUT2D eigenvalue weighted by atomic mass is 10.2. The third-order valence-corrected chi connectivity index (χ3v) is 4.15. The molecular formula is C13H11BrN2O3S. The molecule has 7 heteroatoms. The lowest BCUT2D eigenvalue weighted by molar-refractivity contribution is 0.474. The zero-order chi connectivity index (χ0) is 14.6. The summed E-state index contributed by atoms with van der Waals surface area (Å²) in [7, 11) is -3.69. The van der Waals surface area contributed by atoms with Gasteiger partial charge in [0.05, 0.1) is 11.1 Å². The normalized spacial score (nSPS) is 11.7. The molecule has 0 aliphatic carbocycles. The van der Waals surface area contributed by atoms with Crippen molar-refractivity contribution in [3.05, 3.63) is 58.6 Å². The van der Waals surface area contributed by atoms with Crippen LogP contribution in [0.15, 0.2) is 63.0 Å². The van der Waals surface area contributed by atoms with Gasteiger partial charge in [0.1, 0.15) is 5.75 Å². The van der Waals surface area contributed by atoms with Gasteiger partial charge in [-0.3, -0.25) is 0 Å². The van der Waals surface area contributed by atoms with Gasteiger partial charge in [-0.25, -0.2) is 4.83 Å². The van der Waals surface area contributed by atoms with Crippen LogP contribution in [-0.4, -0.2) is 19.7 Å². The maximum absolute atomic E-state index is 11.9. The Balaban J connectivity index is 2.16. The van der Waals surface area contributed by atoms with Crippen LogP contribution in [0.1, 0.15) is 5.56 Å². The number of hydrazone groups is 1. The van der Waals surface area contributed by atoms with Gasteiger partial charge in [-0.1, -0.05) is 34.1 Å². The van der Waals surface area contributed by atoms with E-state index in [2.05, 4.69) is 25.9 Å². The first-order valence-corrected chi connectivity index (χ1v) is 7.85. The second kappa shape index (κ2) is 6.06. The molecule has 0 atom stereocenters. The molecule has 0 saturated heterocycles. The maximum atomic E-state index is 11.9. The summed E-state index contributed by atoms with van der Waals surface area (Å²) in [6, 6.07) is 12.7. The van der Waals surface area contributed by atoms with Gasteiger partial charge in [0.15, 0.2) is 0 Å². The van der Waals surface area contributed by atoms with Crippen LogP contribution in [0.2, 0.25) is 0 Å². The molecule has 5 nitrogen and oxygen atoms in total. The van der Waals surface area contributed by atoms with E-state index in [0.717, 1.165) is 4.47 Å². The molecule has 2 N–H and O–H groups in total. The number of hydrogen-bond donors (Lipinski definition) is 2. The molecule has 0 amide bonds. The molecule has 0 aliphatic heterocycles. The Morgan fingerprint density at radius 2 is 1.85 bits per heavy atom. The van der Waals surface area contributed by atoms with E-state index in [0.29, 0.717) is 5.56 Å². The number of rotatable bonds is 4. The van der Waals surface area contributed by atoms with Gasteiger partial charge in [0.25, 0.3) is 10.0 Å². The minimum atomic E-state index is -3.69. The Bertz CT molecular complexity index is 731. The third-order valence-electron chi connectivity index (χ3n) is 2.42. The number of nitrogens with one attached hydrogen (secondary N) is 1. The predicted molar refractivity (Wildman–Crippen MR) is 80.2 cm³/mol. The van der Waals surface area contributed by atoms with Gasteiger partial charge in [-0.2, -0.15) is 13.5 Å². The summed E-state index contributed by atoms with van der Waals surface area (Å²) in [5, 5.41) is 13.2. The summed E-state index contributed by atoms with van der Waals surface area (Å²) in [5.41, 5.74) is 0.398. The van der Waals surface area contributed by atoms with Crippen molar-refractivity contribution in [2.24, 2.45) is 5.10 Å². The summed E-state index contributed by atoms with van der Waals surface area (Å²) in [6.45, 7) is 0. The van der Waals surface area contributed by atoms with E-state index in [9.17, 15) is 13.5 Å². The van der Waals surface area contributed by atoms with Crippen molar-refractivity contribution in [2.75, 3.05) is 0 Å². The molecule has 0 bridgehead atoms. The van der Waals surface area contributed by atoms with Crippen molar-refractivity contribution >= 4 is 32.2 Å². The Hall–Kier alpha value is -1.86. The molecular weight excluding hydrogens is 344 g/mol. The molecule has 0 saturated carbocycles. The fraction of sp³-hybridized carbons (Fsp3) is 0. The zero-order valence-corrected chi connectivity index (χ0v) is 12.6. The number of phenols is 1. The number of hydrogen-bond acceptors (Lipinski definition) is 4. The smallest absolute Gasteiger partial charge is 0.276 e. The minimum absolute atomic E-state index is 0.0101. The van der Waals surface area contributed by atoms with Crippen molar-refractivity contribution < 1.29 is 13.5 Å². The minimum Gasteiger partial charge on any atom is -0.507 e. The molecule has 0 unspecified atom stereocenters. The third kappa shape index (κ3) is 3.58. The standard InChI is InChI=1S/C13H11BrN2O3S/c14-11-6-7-13(17)10(8-11)9-15-16-20(18,19)12-4-2-1-3-5-12/h1-9,16-17H. The van der Waals surface area contributed by atoms with Gasteiger partial charge < -0.3 is 5.11 Å². The highest BCUT2D eigenvalue weighted by Gasteiger charge is 2.11. The van der Waals surface area contributed by atoms with E-state index in [4.69, 9.17) is 0 Å². The number of aromatic hydroxyl groups is 1. The Kier molecular flexibility index (Phi) is 4.41. The molecule has 2 aromatic carbocycles. The summed E-state index contributed by atoms with van der Waals surface area (Å²) in [4.78, 5) is 2.21. The van der Waals surface area contributed by atoms with Crippen LogP contribution >= 0.6 is 15.9 Å². The van der Waals surface area contributed by atoms with E-state index < -0.39 is 10.0 Å². The summed E-state index contributed by atoms with van der Waals surface area (Å²) < 4.78 is 24.5. The number of sulfonamides is 1. The van der Waals surface area contributed by atoms with Crippen molar-refractivity contribution in [2.45, 2.75) is 4.90 Å². The SMILES string of the molecule is O=S(=O)(NN=Cc1cc(Br)ccc1O)c1ccccc1. The second-order valence-electron chi connectivity index (χ2n) is 3.87. The zero-order valence-electron chi connectivity index (χ0n) is 10.2. The first-order chi connectivity index (χ1) is 9.49. The fourth-order valence-corrected chi connectivity index (χ4v) is 2.64. The largest absolute Gasteiger partial charge is 0.507 e. The van der Waals surface area contributed by atoms with Crippen molar-refractivity contribution in [3.8, 4) is 5.75 Å². The first-order valence-electron chi connectivity index (χ1n) is 5.57. The van der Waals surface area contributed by atoms with Crippen LogP contribution in [0.3, 0.4) is 0 Å². The van der Waals surface area contributed by atoms with Crippen molar-refractivity contribution in [3.63, 3.8) is 0 Å². The Labute approximate surface area is 125 Å². The van der Waals surface area contributed by atoms with Crippen LogP contribution in [0.5, 0.6) is 5.75 Å². The molecule has 0 radical (unpaired) electrons. The lowest BCUT2D eigenvalue weighted by Crippen LogP contribution is -2.18. The van der Waals surface area contributed by atoms with Crippen LogP contribution in [0.4, 0.5) is 0 Å². The molecule has 0 fully saturated rings. The number of benzene rings is 2. The van der Waals surface area contributed by atoms with E-state index in [1.807, 2.05) is 0 Å². The highest BCUT2D eigenvalue weighted by molar-refractivity contribution is 9.10.